The Morgan fingerprint density at radius 1 is 1.36 bits per heavy atom. The van der Waals surface area contributed by atoms with Crippen LogP contribution in [0.4, 0.5) is 10.5 Å². The number of piperidine rings is 1. The first-order valence-corrected chi connectivity index (χ1v) is 8.40. The highest BCUT2D eigenvalue weighted by Gasteiger charge is 2.38. The number of anilines is 1. The van der Waals surface area contributed by atoms with E-state index >= 15 is 0 Å². The van der Waals surface area contributed by atoms with Crippen LogP contribution in [0.5, 0.6) is 0 Å². The van der Waals surface area contributed by atoms with Gasteiger partial charge in [0.15, 0.2) is 0 Å². The molecule has 122 valence electrons. The van der Waals surface area contributed by atoms with Gasteiger partial charge in [-0.15, -0.1) is 0 Å². The highest BCUT2D eigenvalue weighted by atomic mass is 35.5. The molecule has 0 aromatic heterocycles. The minimum absolute atomic E-state index is 0.131. The van der Waals surface area contributed by atoms with Crippen molar-refractivity contribution in [2.45, 2.75) is 45.1 Å². The summed E-state index contributed by atoms with van der Waals surface area (Å²) in [6, 6.07) is 6.99. The number of amides is 2. The molecule has 1 aromatic carbocycles. The van der Waals surface area contributed by atoms with Crippen molar-refractivity contribution in [3.05, 3.63) is 29.3 Å². The molecule has 0 spiro atoms. The zero-order valence-corrected chi connectivity index (χ0v) is 14.1. The van der Waals surface area contributed by atoms with Gasteiger partial charge in [-0.05, 0) is 37.0 Å². The summed E-state index contributed by atoms with van der Waals surface area (Å²) in [7, 11) is 0. The molecule has 2 N–H and O–H groups in total. The summed E-state index contributed by atoms with van der Waals surface area (Å²) in [5, 5.41) is 14.2. The van der Waals surface area contributed by atoms with E-state index in [9.17, 15) is 9.90 Å². The molecular weight excluding hydrogens is 300 g/mol. The number of hydrogen-bond acceptors (Lipinski definition) is 2. The lowest BCUT2D eigenvalue weighted by molar-refractivity contribution is -0.0619. The first-order valence-electron chi connectivity index (χ1n) is 8.02. The van der Waals surface area contributed by atoms with Crippen LogP contribution in [0.2, 0.25) is 5.02 Å². The van der Waals surface area contributed by atoms with E-state index in [1.54, 1.807) is 23.1 Å². The molecule has 0 atom stereocenters. The average Bonchev–Trinajstić information content (AvgIpc) is 2.49. The Hall–Kier alpha value is -1.26. The van der Waals surface area contributed by atoms with Crippen molar-refractivity contribution < 1.29 is 9.90 Å². The molecule has 1 aliphatic rings. The van der Waals surface area contributed by atoms with Crippen molar-refractivity contribution in [3.8, 4) is 0 Å². The normalized spacial score (nSPS) is 17.6. The van der Waals surface area contributed by atoms with Crippen molar-refractivity contribution in [3.63, 3.8) is 0 Å². The topological polar surface area (TPSA) is 52.6 Å². The number of rotatable bonds is 4. The van der Waals surface area contributed by atoms with Crippen LogP contribution < -0.4 is 5.32 Å². The largest absolute Gasteiger partial charge is 0.389 e. The molecule has 4 nitrogen and oxygen atoms in total. The fourth-order valence-corrected chi connectivity index (χ4v) is 3.51. The molecule has 1 saturated heterocycles. The highest BCUT2D eigenvalue weighted by molar-refractivity contribution is 6.30. The smallest absolute Gasteiger partial charge is 0.321 e. The van der Waals surface area contributed by atoms with E-state index in [2.05, 4.69) is 19.2 Å². The number of urea groups is 1. The van der Waals surface area contributed by atoms with Crippen molar-refractivity contribution in [2.75, 3.05) is 18.4 Å². The number of nitrogens with zero attached hydrogens (tertiary/aromatic N) is 1. The molecule has 0 bridgehead atoms. The van der Waals surface area contributed by atoms with Crippen LogP contribution in [0.15, 0.2) is 24.3 Å². The molecule has 1 fully saturated rings. The van der Waals surface area contributed by atoms with Gasteiger partial charge in [0.2, 0.25) is 0 Å². The lowest BCUT2D eigenvalue weighted by Crippen LogP contribution is -2.51. The number of likely N-dealkylation sites (tertiary alicyclic amines) is 1. The van der Waals surface area contributed by atoms with Crippen molar-refractivity contribution >= 4 is 23.3 Å². The Morgan fingerprint density at radius 3 is 2.55 bits per heavy atom. The molecule has 1 aromatic rings. The molecule has 2 amide bonds. The molecule has 22 heavy (non-hydrogen) atoms. The van der Waals surface area contributed by atoms with E-state index in [-0.39, 0.29) is 6.03 Å². The minimum atomic E-state index is -0.629. The molecule has 0 saturated carbocycles. The second-order valence-corrected chi connectivity index (χ2v) is 6.48. The van der Waals surface area contributed by atoms with Gasteiger partial charge in [-0.3, -0.25) is 0 Å². The van der Waals surface area contributed by atoms with Crippen LogP contribution in [0.25, 0.3) is 0 Å². The zero-order valence-electron chi connectivity index (χ0n) is 13.3. The summed E-state index contributed by atoms with van der Waals surface area (Å²) in [4.78, 5) is 14.1. The van der Waals surface area contributed by atoms with Gasteiger partial charge >= 0.3 is 6.03 Å². The standard InChI is InChI=1S/C17H25ClN2O2/c1-3-13(4-2)17(22)8-10-20(11-9-17)16(21)19-15-7-5-6-14(18)12-15/h5-7,12-13,22H,3-4,8-11H2,1-2H3,(H,19,21). The Kier molecular flexibility index (Phi) is 5.70. The third-order valence-corrected chi connectivity index (χ3v) is 4.97. The monoisotopic (exact) mass is 324 g/mol. The van der Waals surface area contributed by atoms with Crippen molar-refractivity contribution in [1.29, 1.82) is 0 Å². The number of carbonyl (C=O) groups excluding carboxylic acids is 1. The van der Waals surface area contributed by atoms with Crippen LogP contribution in [0.1, 0.15) is 39.5 Å². The Balaban J connectivity index is 1.92. The summed E-state index contributed by atoms with van der Waals surface area (Å²) in [6.07, 6.45) is 3.23. The third-order valence-electron chi connectivity index (χ3n) is 4.74. The maximum Gasteiger partial charge on any atom is 0.321 e. The van der Waals surface area contributed by atoms with Crippen LogP contribution in [0.3, 0.4) is 0 Å². The van der Waals surface area contributed by atoms with E-state index in [1.807, 2.05) is 6.07 Å². The first-order chi connectivity index (χ1) is 10.5. The van der Waals surface area contributed by atoms with E-state index < -0.39 is 5.60 Å². The van der Waals surface area contributed by atoms with Gasteiger partial charge in [0.25, 0.3) is 0 Å². The van der Waals surface area contributed by atoms with Crippen LogP contribution in [-0.2, 0) is 0 Å². The summed E-state index contributed by atoms with van der Waals surface area (Å²) >= 11 is 5.92. The van der Waals surface area contributed by atoms with Gasteiger partial charge in [-0.1, -0.05) is 44.4 Å². The first kappa shape index (κ1) is 17.1. The summed E-state index contributed by atoms with van der Waals surface area (Å²) in [6.45, 7) is 5.40. The Labute approximate surface area is 137 Å². The number of aliphatic hydroxyl groups is 1. The maximum absolute atomic E-state index is 12.3. The van der Waals surface area contributed by atoms with Gasteiger partial charge < -0.3 is 15.3 Å². The fraction of sp³-hybridized carbons (Fsp3) is 0.588. The molecule has 5 heteroatoms. The number of hydrogen-bond donors (Lipinski definition) is 2. The lowest BCUT2D eigenvalue weighted by Gasteiger charge is -2.42. The SMILES string of the molecule is CCC(CC)C1(O)CCN(C(=O)Nc2cccc(Cl)c2)CC1. The summed E-state index contributed by atoms with van der Waals surface area (Å²) in [5.74, 6) is 0.311. The maximum atomic E-state index is 12.3. The number of halogens is 1. The summed E-state index contributed by atoms with van der Waals surface area (Å²) in [5.41, 5.74) is 0.0643. The second kappa shape index (κ2) is 7.34. The third kappa shape index (κ3) is 3.93. The summed E-state index contributed by atoms with van der Waals surface area (Å²) < 4.78 is 0. The predicted molar refractivity (Wildman–Crippen MR) is 90.3 cm³/mol. The van der Waals surface area contributed by atoms with E-state index in [1.165, 1.54) is 0 Å². The highest BCUT2D eigenvalue weighted by Crippen LogP contribution is 2.34. The molecule has 0 aliphatic carbocycles. The zero-order chi connectivity index (χ0) is 16.2. The average molecular weight is 325 g/mol. The molecule has 2 rings (SSSR count). The van der Waals surface area contributed by atoms with Crippen LogP contribution in [0, 0.1) is 5.92 Å². The van der Waals surface area contributed by atoms with Crippen LogP contribution >= 0.6 is 11.6 Å². The Morgan fingerprint density at radius 2 is 2.00 bits per heavy atom. The minimum Gasteiger partial charge on any atom is -0.389 e. The molecule has 0 unspecified atom stereocenters. The van der Waals surface area contributed by atoms with Gasteiger partial charge in [0, 0.05) is 23.8 Å². The van der Waals surface area contributed by atoms with Gasteiger partial charge in [0.05, 0.1) is 5.60 Å². The Bertz CT molecular complexity index is 509. The molecule has 0 radical (unpaired) electrons. The molecule has 1 aliphatic heterocycles. The lowest BCUT2D eigenvalue weighted by atomic mass is 9.77. The van der Waals surface area contributed by atoms with Gasteiger partial charge in [-0.25, -0.2) is 4.79 Å². The van der Waals surface area contributed by atoms with Crippen molar-refractivity contribution in [1.82, 2.24) is 4.90 Å². The van der Waals surface area contributed by atoms with Gasteiger partial charge in [0.1, 0.15) is 0 Å². The van der Waals surface area contributed by atoms with E-state index in [0.717, 1.165) is 12.8 Å². The van der Waals surface area contributed by atoms with Crippen LogP contribution in [-0.4, -0.2) is 34.7 Å². The van der Waals surface area contributed by atoms with Crippen molar-refractivity contribution in [2.24, 2.45) is 5.92 Å². The predicted octanol–water partition coefficient (Wildman–Crippen LogP) is 4.14. The quantitative estimate of drug-likeness (QED) is 0.874. The molecule has 1 heterocycles. The molecular formula is C17H25ClN2O2. The number of benzene rings is 1. The number of carbonyl (C=O) groups is 1. The fourth-order valence-electron chi connectivity index (χ4n) is 3.32. The number of nitrogens with one attached hydrogen (secondary N) is 1. The van der Waals surface area contributed by atoms with E-state index in [4.69, 9.17) is 11.6 Å². The second-order valence-electron chi connectivity index (χ2n) is 6.04. The van der Waals surface area contributed by atoms with Gasteiger partial charge in [-0.2, -0.15) is 0 Å². The van der Waals surface area contributed by atoms with E-state index in [0.29, 0.717) is 42.6 Å².